The summed E-state index contributed by atoms with van der Waals surface area (Å²) in [6, 6.07) is 16.6. The van der Waals surface area contributed by atoms with Crippen LogP contribution in [0.3, 0.4) is 0 Å². The minimum absolute atomic E-state index is 0.00389. The number of ketones is 1. The van der Waals surface area contributed by atoms with Crippen molar-refractivity contribution in [3.63, 3.8) is 0 Å². The van der Waals surface area contributed by atoms with Gasteiger partial charge in [0.1, 0.15) is 11.3 Å². The zero-order valence-corrected chi connectivity index (χ0v) is 14.1. The van der Waals surface area contributed by atoms with E-state index in [2.05, 4.69) is 5.10 Å². The molecule has 0 radical (unpaired) electrons. The summed E-state index contributed by atoms with van der Waals surface area (Å²) in [5.74, 6) is -0.405. The molecule has 3 aromatic rings. The van der Waals surface area contributed by atoms with Crippen LogP contribution in [0.4, 0.5) is 0 Å². The second-order valence-corrected chi connectivity index (χ2v) is 5.53. The second-order valence-electron chi connectivity index (χ2n) is 5.53. The van der Waals surface area contributed by atoms with Crippen LogP contribution in [0.1, 0.15) is 34.6 Å². The fraction of sp³-hybridized carbons (Fsp3) is 0.150. The van der Waals surface area contributed by atoms with E-state index in [0.29, 0.717) is 23.4 Å². The number of carbonyl (C=O) groups is 2. The number of Topliss-reactive ketones (excluding diaryl/α,β-unsaturated/α-hetero) is 1. The Balaban J connectivity index is 2.06. The molecule has 3 rings (SSSR count). The van der Waals surface area contributed by atoms with E-state index in [1.807, 2.05) is 30.3 Å². The fourth-order valence-corrected chi connectivity index (χ4v) is 2.52. The Bertz CT molecular complexity index is 896. The lowest BCUT2D eigenvalue weighted by Gasteiger charge is -2.02. The molecule has 1 heterocycles. The summed E-state index contributed by atoms with van der Waals surface area (Å²) in [4.78, 5) is 23.7. The lowest BCUT2D eigenvalue weighted by molar-refractivity contribution is 0.0527. The number of hydrogen-bond donors (Lipinski definition) is 0. The van der Waals surface area contributed by atoms with Gasteiger partial charge in [-0.2, -0.15) is 5.10 Å². The molecule has 0 spiro atoms. The van der Waals surface area contributed by atoms with Crippen molar-refractivity contribution < 1.29 is 14.3 Å². The highest BCUT2D eigenvalue weighted by atomic mass is 16.5. The van der Waals surface area contributed by atoms with Crippen molar-refractivity contribution in [2.75, 3.05) is 6.61 Å². The highest BCUT2D eigenvalue weighted by molar-refractivity contribution is 5.96. The maximum atomic E-state index is 12.3. The predicted molar refractivity (Wildman–Crippen MR) is 95.0 cm³/mol. The third kappa shape index (κ3) is 3.50. The Morgan fingerprint density at radius 2 is 1.72 bits per heavy atom. The van der Waals surface area contributed by atoms with Crippen molar-refractivity contribution in [2.24, 2.45) is 0 Å². The summed E-state index contributed by atoms with van der Waals surface area (Å²) in [5.41, 5.74) is 3.20. The van der Waals surface area contributed by atoms with Crippen LogP contribution in [0.25, 0.3) is 16.9 Å². The number of ether oxygens (including phenoxy) is 1. The van der Waals surface area contributed by atoms with E-state index in [1.54, 1.807) is 42.1 Å². The molecule has 5 nitrogen and oxygen atoms in total. The lowest BCUT2D eigenvalue weighted by atomic mass is 10.1. The van der Waals surface area contributed by atoms with Crippen LogP contribution in [-0.2, 0) is 4.74 Å². The van der Waals surface area contributed by atoms with E-state index in [-0.39, 0.29) is 5.78 Å². The minimum Gasteiger partial charge on any atom is -0.462 e. The summed E-state index contributed by atoms with van der Waals surface area (Å²) >= 11 is 0. The molecular weight excluding hydrogens is 316 g/mol. The van der Waals surface area contributed by atoms with E-state index in [1.165, 1.54) is 6.92 Å². The molecule has 0 aliphatic heterocycles. The number of esters is 1. The van der Waals surface area contributed by atoms with Gasteiger partial charge < -0.3 is 4.74 Å². The summed E-state index contributed by atoms with van der Waals surface area (Å²) < 4.78 is 6.78. The quantitative estimate of drug-likeness (QED) is 0.524. The Labute approximate surface area is 145 Å². The molecule has 1 aromatic heterocycles. The van der Waals surface area contributed by atoms with Gasteiger partial charge in [-0.05, 0) is 38.1 Å². The zero-order valence-electron chi connectivity index (χ0n) is 14.1. The SMILES string of the molecule is CCOC(=O)c1cn(-c2ccc(C(C)=O)cc2)nc1-c1ccccc1. The smallest absolute Gasteiger partial charge is 0.342 e. The van der Waals surface area contributed by atoms with Gasteiger partial charge in [0.05, 0.1) is 12.3 Å². The zero-order chi connectivity index (χ0) is 17.8. The van der Waals surface area contributed by atoms with Crippen molar-refractivity contribution in [1.29, 1.82) is 0 Å². The molecule has 0 amide bonds. The predicted octanol–water partition coefficient (Wildman–Crippen LogP) is 3.92. The number of rotatable bonds is 5. The average Bonchev–Trinajstić information content (AvgIpc) is 3.08. The summed E-state index contributed by atoms with van der Waals surface area (Å²) in [5, 5.41) is 4.56. The largest absolute Gasteiger partial charge is 0.462 e. The molecule has 0 bridgehead atoms. The van der Waals surface area contributed by atoms with Crippen LogP contribution < -0.4 is 0 Å². The molecular formula is C20H18N2O3. The normalized spacial score (nSPS) is 10.5. The van der Waals surface area contributed by atoms with Crippen LogP contribution in [-0.4, -0.2) is 28.1 Å². The standard InChI is InChI=1S/C20H18N2O3/c1-3-25-20(24)18-13-22(17-11-9-15(10-12-17)14(2)23)21-19(18)16-7-5-4-6-8-16/h4-13H,3H2,1-2H3. The lowest BCUT2D eigenvalue weighted by Crippen LogP contribution is -2.05. The first kappa shape index (κ1) is 16.6. The third-order valence-electron chi connectivity index (χ3n) is 3.80. The number of hydrogen-bond acceptors (Lipinski definition) is 4. The van der Waals surface area contributed by atoms with Gasteiger partial charge in [-0.25, -0.2) is 9.48 Å². The van der Waals surface area contributed by atoms with Crippen molar-refractivity contribution in [3.05, 3.63) is 71.9 Å². The molecule has 0 fully saturated rings. The van der Waals surface area contributed by atoms with Crippen LogP contribution in [0.2, 0.25) is 0 Å². The van der Waals surface area contributed by atoms with Crippen molar-refractivity contribution in [1.82, 2.24) is 9.78 Å². The summed E-state index contributed by atoms with van der Waals surface area (Å²) in [7, 11) is 0. The van der Waals surface area contributed by atoms with Gasteiger partial charge in [-0.15, -0.1) is 0 Å². The molecule has 0 aliphatic rings. The molecule has 0 atom stereocenters. The summed E-state index contributed by atoms with van der Waals surface area (Å²) in [6.45, 7) is 3.59. The Hall–Kier alpha value is -3.21. The van der Waals surface area contributed by atoms with E-state index in [0.717, 1.165) is 11.3 Å². The van der Waals surface area contributed by atoms with Crippen molar-refractivity contribution in [2.45, 2.75) is 13.8 Å². The third-order valence-corrected chi connectivity index (χ3v) is 3.80. The first-order chi connectivity index (χ1) is 12.1. The highest BCUT2D eigenvalue weighted by Gasteiger charge is 2.19. The minimum atomic E-state index is -0.409. The number of benzene rings is 2. The van der Waals surface area contributed by atoms with E-state index < -0.39 is 5.97 Å². The van der Waals surface area contributed by atoms with Gasteiger partial charge in [0.2, 0.25) is 0 Å². The Morgan fingerprint density at radius 1 is 1.04 bits per heavy atom. The van der Waals surface area contributed by atoms with Crippen molar-refractivity contribution >= 4 is 11.8 Å². The maximum Gasteiger partial charge on any atom is 0.342 e. The molecule has 0 saturated carbocycles. The fourth-order valence-electron chi connectivity index (χ4n) is 2.52. The first-order valence-corrected chi connectivity index (χ1v) is 8.03. The van der Waals surface area contributed by atoms with Crippen LogP contribution in [0.15, 0.2) is 60.8 Å². The molecule has 0 aliphatic carbocycles. The molecule has 25 heavy (non-hydrogen) atoms. The highest BCUT2D eigenvalue weighted by Crippen LogP contribution is 2.24. The van der Waals surface area contributed by atoms with Gasteiger partial charge in [0.15, 0.2) is 5.78 Å². The van der Waals surface area contributed by atoms with Gasteiger partial charge in [0, 0.05) is 17.3 Å². The maximum absolute atomic E-state index is 12.3. The molecule has 0 saturated heterocycles. The molecule has 0 N–H and O–H groups in total. The molecule has 126 valence electrons. The second kappa shape index (κ2) is 7.13. The van der Waals surface area contributed by atoms with Crippen LogP contribution >= 0.6 is 0 Å². The number of nitrogens with zero attached hydrogens (tertiary/aromatic N) is 2. The molecule has 5 heteroatoms. The van der Waals surface area contributed by atoms with Crippen molar-refractivity contribution in [3.8, 4) is 16.9 Å². The van der Waals surface area contributed by atoms with E-state index in [9.17, 15) is 9.59 Å². The monoisotopic (exact) mass is 334 g/mol. The topological polar surface area (TPSA) is 61.2 Å². The van der Waals surface area contributed by atoms with Crippen LogP contribution in [0, 0.1) is 0 Å². The number of carbonyl (C=O) groups excluding carboxylic acids is 2. The number of aromatic nitrogens is 2. The summed E-state index contributed by atoms with van der Waals surface area (Å²) in [6.07, 6.45) is 1.66. The van der Waals surface area contributed by atoms with Gasteiger partial charge in [-0.3, -0.25) is 4.79 Å². The van der Waals surface area contributed by atoms with Gasteiger partial charge >= 0.3 is 5.97 Å². The Kier molecular flexibility index (Phi) is 4.75. The van der Waals surface area contributed by atoms with E-state index in [4.69, 9.17) is 4.74 Å². The Morgan fingerprint density at radius 3 is 2.32 bits per heavy atom. The van der Waals surface area contributed by atoms with Gasteiger partial charge in [0.25, 0.3) is 0 Å². The average molecular weight is 334 g/mol. The molecule has 2 aromatic carbocycles. The molecule has 0 unspecified atom stereocenters. The van der Waals surface area contributed by atoms with E-state index >= 15 is 0 Å². The van der Waals surface area contributed by atoms with Crippen LogP contribution in [0.5, 0.6) is 0 Å². The first-order valence-electron chi connectivity index (χ1n) is 8.03. The van der Waals surface area contributed by atoms with Gasteiger partial charge in [-0.1, -0.05) is 30.3 Å².